The highest BCUT2D eigenvalue weighted by Gasteiger charge is 2.34. The Labute approximate surface area is 70.6 Å². The summed E-state index contributed by atoms with van der Waals surface area (Å²) in [5.41, 5.74) is 1.47. The highest BCUT2D eigenvalue weighted by atomic mass is 19.3. The number of amidine groups is 1. The molecule has 0 aliphatic carbocycles. The molecule has 0 saturated carbocycles. The van der Waals surface area contributed by atoms with E-state index < -0.39 is 24.2 Å². The predicted molar refractivity (Wildman–Crippen MR) is 34.9 cm³/mol. The van der Waals surface area contributed by atoms with Crippen LogP contribution in [0.25, 0.3) is 0 Å². The van der Waals surface area contributed by atoms with Gasteiger partial charge in [0, 0.05) is 4.53 Å². The molecule has 1 rings (SSSR count). The van der Waals surface area contributed by atoms with Crippen molar-refractivity contribution < 1.29 is 24.0 Å². The van der Waals surface area contributed by atoms with Gasteiger partial charge in [0.1, 0.15) is 6.17 Å². The third-order valence-electron chi connectivity index (χ3n) is 1.35. The molecular formula is C4H6F2N4O3. The van der Waals surface area contributed by atoms with Gasteiger partial charge in [-0.1, -0.05) is 0 Å². The molecule has 0 bridgehead atoms. The molecule has 0 radical (unpaired) electrons. The first kappa shape index (κ1) is 9.61. The van der Waals surface area contributed by atoms with E-state index in [9.17, 15) is 13.7 Å². The van der Waals surface area contributed by atoms with Gasteiger partial charge in [-0.15, -0.1) is 0 Å². The first-order valence-corrected chi connectivity index (χ1v) is 3.16. The first-order chi connectivity index (χ1) is 6.19. The molecule has 7 nitrogen and oxygen atoms in total. The lowest BCUT2D eigenvalue weighted by molar-refractivity contribution is -0.132. The van der Waals surface area contributed by atoms with E-state index in [-0.39, 0.29) is 0 Å². The molecular weight excluding hydrogens is 190 g/mol. The van der Waals surface area contributed by atoms with Crippen molar-refractivity contribution in [2.24, 2.45) is 5.16 Å². The first-order valence-electron chi connectivity index (χ1n) is 3.16. The monoisotopic (exact) mass is 196 g/mol. The van der Waals surface area contributed by atoms with Gasteiger partial charge in [-0.3, -0.25) is 5.32 Å². The minimum Gasteiger partial charge on any atom is -0.317 e. The van der Waals surface area contributed by atoms with Crippen molar-refractivity contribution in [3.05, 3.63) is 0 Å². The van der Waals surface area contributed by atoms with Gasteiger partial charge in [0.15, 0.2) is 12.0 Å². The van der Waals surface area contributed by atoms with E-state index in [0.717, 1.165) is 0 Å². The molecule has 0 aromatic rings. The fourth-order valence-corrected chi connectivity index (χ4v) is 0.802. The molecule has 1 saturated heterocycles. The highest BCUT2D eigenvalue weighted by molar-refractivity contribution is 6.02. The summed E-state index contributed by atoms with van der Waals surface area (Å²) in [6.07, 6.45) is -3.32. The summed E-state index contributed by atoms with van der Waals surface area (Å²) in [6.45, 7) is 0. The van der Waals surface area contributed by atoms with Crippen molar-refractivity contribution in [1.29, 1.82) is 0 Å². The Bertz CT molecular complexity index is 235. The fraction of sp³-hybridized carbons (Fsp3) is 0.500. The predicted octanol–water partition coefficient (Wildman–Crippen LogP) is -0.843. The Kier molecular flexibility index (Phi) is 2.93. The minimum atomic E-state index is -1.93. The van der Waals surface area contributed by atoms with Crippen LogP contribution in [0.1, 0.15) is 0 Å². The SMILES string of the molecule is O=C1NC(=NOF)[C@H](F)[C@H](NO)N1. The summed E-state index contributed by atoms with van der Waals surface area (Å²) in [5.74, 6) is -0.669. The molecule has 1 fully saturated rings. The van der Waals surface area contributed by atoms with Crippen molar-refractivity contribution in [1.82, 2.24) is 16.1 Å². The van der Waals surface area contributed by atoms with Crippen LogP contribution in [0.3, 0.4) is 0 Å². The number of hydrogen-bond acceptors (Lipinski definition) is 5. The number of carbonyl (C=O) groups excluding carboxylic acids is 1. The van der Waals surface area contributed by atoms with Crippen molar-refractivity contribution in [3.63, 3.8) is 0 Å². The number of hydrogen-bond donors (Lipinski definition) is 4. The average Bonchev–Trinajstić information content (AvgIpc) is 2.11. The summed E-state index contributed by atoms with van der Waals surface area (Å²) in [5, 5.41) is 17.5. The third kappa shape index (κ3) is 2.00. The summed E-state index contributed by atoms with van der Waals surface area (Å²) < 4.78 is 24.2. The molecule has 0 unspecified atom stereocenters. The van der Waals surface area contributed by atoms with E-state index in [0.29, 0.717) is 0 Å². The zero-order chi connectivity index (χ0) is 9.84. The second kappa shape index (κ2) is 3.96. The van der Waals surface area contributed by atoms with Crippen LogP contribution < -0.4 is 16.1 Å². The standard InChI is InChI=1S/C4H6F2N4O3/c5-1-2(9-12)7-4(11)8-3(1)10-13-6/h1-2,9,12H,(H2,7,8,10,11)/t1-,2+/m1/s1. The van der Waals surface area contributed by atoms with Crippen LogP contribution in [0.5, 0.6) is 0 Å². The fourth-order valence-electron chi connectivity index (χ4n) is 0.802. The number of amides is 2. The quantitative estimate of drug-likeness (QED) is 0.433. The Morgan fingerprint density at radius 3 is 2.92 bits per heavy atom. The van der Waals surface area contributed by atoms with Crippen molar-refractivity contribution in [2.75, 3.05) is 0 Å². The number of nitrogens with zero attached hydrogens (tertiary/aromatic N) is 1. The van der Waals surface area contributed by atoms with Crippen LogP contribution >= 0.6 is 0 Å². The highest BCUT2D eigenvalue weighted by Crippen LogP contribution is 2.03. The number of halogens is 2. The lowest BCUT2D eigenvalue weighted by atomic mass is 10.2. The Hall–Kier alpha value is -1.48. The van der Waals surface area contributed by atoms with Gasteiger partial charge in [-0.25, -0.2) is 9.18 Å². The number of rotatable bonds is 2. The van der Waals surface area contributed by atoms with Crippen LogP contribution in [0.2, 0.25) is 0 Å². The maximum absolute atomic E-state index is 13.0. The Morgan fingerprint density at radius 2 is 2.38 bits per heavy atom. The average molecular weight is 196 g/mol. The van der Waals surface area contributed by atoms with Crippen LogP contribution in [-0.4, -0.2) is 29.4 Å². The third-order valence-corrected chi connectivity index (χ3v) is 1.35. The summed E-state index contributed by atoms with van der Waals surface area (Å²) in [4.78, 5) is 10.7. The summed E-state index contributed by atoms with van der Waals surface area (Å²) in [7, 11) is 0. The number of nitrogens with one attached hydrogen (secondary N) is 3. The van der Waals surface area contributed by atoms with E-state index >= 15 is 0 Å². The summed E-state index contributed by atoms with van der Waals surface area (Å²) in [6, 6.07) is -0.837. The molecule has 13 heavy (non-hydrogen) atoms. The van der Waals surface area contributed by atoms with E-state index in [1.165, 1.54) is 5.48 Å². The van der Waals surface area contributed by atoms with Crippen LogP contribution in [0.15, 0.2) is 5.16 Å². The summed E-state index contributed by atoms with van der Waals surface area (Å²) >= 11 is 0. The number of hydroxylamine groups is 1. The molecule has 4 N–H and O–H groups in total. The number of carbonyl (C=O) groups is 1. The maximum atomic E-state index is 13.0. The molecule has 0 spiro atoms. The second-order valence-electron chi connectivity index (χ2n) is 2.15. The lowest BCUT2D eigenvalue weighted by Gasteiger charge is -2.26. The molecule has 74 valence electrons. The van der Waals surface area contributed by atoms with E-state index in [2.05, 4.69) is 10.2 Å². The Balaban J connectivity index is 2.74. The number of alkyl halides is 1. The van der Waals surface area contributed by atoms with E-state index in [1.807, 2.05) is 10.6 Å². The van der Waals surface area contributed by atoms with E-state index in [1.54, 1.807) is 0 Å². The van der Waals surface area contributed by atoms with E-state index in [4.69, 9.17) is 5.21 Å². The zero-order valence-corrected chi connectivity index (χ0v) is 6.12. The molecule has 9 heteroatoms. The molecule has 1 heterocycles. The largest absolute Gasteiger partial charge is 0.321 e. The molecule has 1 aliphatic heterocycles. The lowest BCUT2D eigenvalue weighted by Crippen LogP contribution is -2.64. The molecule has 1 aliphatic rings. The molecule has 2 amide bonds. The van der Waals surface area contributed by atoms with Gasteiger partial charge in [0.2, 0.25) is 0 Å². The molecule has 0 aromatic carbocycles. The number of urea groups is 1. The molecule has 0 aromatic heterocycles. The van der Waals surface area contributed by atoms with Crippen molar-refractivity contribution >= 4 is 11.9 Å². The zero-order valence-electron chi connectivity index (χ0n) is 6.12. The van der Waals surface area contributed by atoms with Crippen molar-refractivity contribution in [2.45, 2.75) is 12.3 Å². The van der Waals surface area contributed by atoms with Gasteiger partial charge in [-0.2, -0.15) is 10.5 Å². The number of oxime groups is 1. The Morgan fingerprint density at radius 1 is 1.69 bits per heavy atom. The topological polar surface area (TPSA) is 95.0 Å². The second-order valence-corrected chi connectivity index (χ2v) is 2.15. The normalized spacial score (nSPS) is 31.0. The van der Waals surface area contributed by atoms with Crippen LogP contribution in [0.4, 0.5) is 13.7 Å². The van der Waals surface area contributed by atoms with Gasteiger partial charge in [-0.05, 0) is 5.16 Å². The van der Waals surface area contributed by atoms with Gasteiger partial charge < -0.3 is 10.5 Å². The maximum Gasteiger partial charge on any atom is 0.321 e. The van der Waals surface area contributed by atoms with Crippen LogP contribution in [0, 0.1) is 0 Å². The minimum absolute atomic E-state index is 0.669. The van der Waals surface area contributed by atoms with Crippen molar-refractivity contribution in [3.8, 4) is 0 Å². The smallest absolute Gasteiger partial charge is 0.317 e. The van der Waals surface area contributed by atoms with Gasteiger partial charge >= 0.3 is 6.03 Å². The van der Waals surface area contributed by atoms with Gasteiger partial charge in [0.25, 0.3) is 0 Å². The molecule has 2 atom stereocenters. The van der Waals surface area contributed by atoms with Gasteiger partial charge in [0.05, 0.1) is 0 Å². The van der Waals surface area contributed by atoms with Crippen LogP contribution in [-0.2, 0) is 5.04 Å².